The number of carbonyl (C=O) groups excluding carboxylic acids is 2. The minimum Gasteiger partial charge on any atom is -0.463 e. The van der Waals surface area contributed by atoms with Gasteiger partial charge in [0.1, 0.15) is 19.3 Å². The van der Waals surface area contributed by atoms with Crippen LogP contribution in [0.4, 0.5) is 0 Å². The number of rotatable bonds is 37. The highest BCUT2D eigenvalue weighted by Crippen LogP contribution is 2.15. The fraction of sp³-hybridized carbons (Fsp3) is 0.773. The highest BCUT2D eigenvalue weighted by Gasteiger charge is 2.15. The molecule has 0 amide bonds. The van der Waals surface area contributed by atoms with Crippen molar-refractivity contribution in [2.75, 3.05) is 13.2 Å². The van der Waals surface area contributed by atoms with Gasteiger partial charge in [0.15, 0.2) is 0 Å². The molecule has 8 nitrogen and oxygen atoms in total. The van der Waals surface area contributed by atoms with Crippen molar-refractivity contribution in [2.45, 2.75) is 205 Å². The van der Waals surface area contributed by atoms with Gasteiger partial charge in [-0.3, -0.25) is 9.59 Å². The summed E-state index contributed by atoms with van der Waals surface area (Å²) in [5.74, 6) is -0.879. The fourth-order valence-electron chi connectivity index (χ4n) is 5.82. The Bertz CT molecular complexity index is 927. The summed E-state index contributed by atoms with van der Waals surface area (Å²) in [4.78, 5) is 24.0. The molecule has 0 aliphatic carbocycles. The van der Waals surface area contributed by atoms with Gasteiger partial charge in [-0.2, -0.15) is 0 Å². The number of esters is 2. The summed E-state index contributed by atoms with van der Waals surface area (Å²) < 4.78 is 10.2. The van der Waals surface area contributed by atoms with Gasteiger partial charge in [0.25, 0.3) is 0 Å². The molecule has 0 aromatic carbocycles. The number of hydrogen-bond acceptors (Lipinski definition) is 8. The van der Waals surface area contributed by atoms with Crippen molar-refractivity contribution in [3.8, 4) is 0 Å². The molecular weight excluding hydrogens is 656 g/mol. The van der Waals surface area contributed by atoms with Crippen molar-refractivity contribution >= 4 is 11.9 Å². The quantitative estimate of drug-likeness (QED) is 0.0282. The lowest BCUT2D eigenvalue weighted by molar-refractivity contribution is -0.152. The Morgan fingerprint density at radius 1 is 0.462 bits per heavy atom. The second-order valence-electron chi connectivity index (χ2n) is 14.3. The first-order valence-corrected chi connectivity index (χ1v) is 21.0. The third-order valence-electron chi connectivity index (χ3n) is 9.18. The van der Waals surface area contributed by atoms with Crippen LogP contribution in [-0.2, 0) is 19.1 Å². The first kappa shape index (κ1) is 49.7. The van der Waals surface area contributed by atoms with E-state index in [-0.39, 0.29) is 32.0 Å². The van der Waals surface area contributed by atoms with Crippen LogP contribution in [-0.4, -0.2) is 70.0 Å². The normalized spacial score (nSPS) is 14.5. The Labute approximate surface area is 317 Å². The maximum atomic E-state index is 12.0. The third-order valence-corrected chi connectivity index (χ3v) is 9.18. The lowest BCUT2D eigenvalue weighted by Crippen LogP contribution is -2.26. The molecule has 0 saturated carbocycles. The van der Waals surface area contributed by atoms with E-state index in [0.717, 1.165) is 44.9 Å². The first-order valence-electron chi connectivity index (χ1n) is 21.0. The van der Waals surface area contributed by atoms with Crippen molar-refractivity contribution in [3.63, 3.8) is 0 Å². The van der Waals surface area contributed by atoms with Gasteiger partial charge in [0, 0.05) is 12.8 Å². The van der Waals surface area contributed by atoms with E-state index in [1.807, 2.05) is 6.08 Å². The Kier molecular flexibility index (Phi) is 36.8. The van der Waals surface area contributed by atoms with Crippen LogP contribution in [0.25, 0.3) is 0 Å². The Hall–Kier alpha value is -2.26. The molecule has 0 fully saturated rings. The van der Waals surface area contributed by atoms with Crippen LogP contribution in [0, 0.1) is 0 Å². The molecule has 0 spiro atoms. The smallest absolute Gasteiger partial charge is 0.305 e. The molecule has 302 valence electrons. The highest BCUT2D eigenvalue weighted by atomic mass is 16.6. The minimum absolute atomic E-state index is 0.0326. The van der Waals surface area contributed by atoms with Crippen LogP contribution >= 0.6 is 0 Å². The van der Waals surface area contributed by atoms with Crippen molar-refractivity contribution < 1.29 is 39.5 Å². The van der Waals surface area contributed by atoms with E-state index < -0.39 is 30.4 Å². The van der Waals surface area contributed by atoms with E-state index >= 15 is 0 Å². The SMILES string of the molecule is CCCCCCCCCCCCCCCCCCCCC(=O)OC[C@H](O)COC(=O)CCC[C@@H](O)[C@H](O)/C=C/C=C/C=C\C=C\[C@H](O)CCCCC. The number of allylic oxidation sites excluding steroid dienone is 6. The molecule has 4 atom stereocenters. The second kappa shape index (κ2) is 38.5. The number of ether oxygens (including phenoxy) is 2. The minimum atomic E-state index is -1.09. The lowest BCUT2D eigenvalue weighted by Gasteiger charge is -2.14. The molecule has 0 aromatic rings. The molecule has 8 heteroatoms. The summed E-state index contributed by atoms with van der Waals surface area (Å²) in [5, 5.41) is 40.1. The van der Waals surface area contributed by atoms with E-state index in [1.54, 1.807) is 36.5 Å². The molecule has 0 unspecified atom stereocenters. The molecule has 0 aromatic heterocycles. The van der Waals surface area contributed by atoms with Crippen LogP contribution in [0.1, 0.15) is 181 Å². The molecule has 0 saturated heterocycles. The standard InChI is InChI=1S/C44H78O8/c1-3-5-7-8-9-10-11-12-13-14-15-16-17-18-19-20-25-29-35-43(49)51-37-40(46)38-52-44(50)36-30-34-42(48)41(47)33-28-24-22-21-23-27-32-39(45)31-26-6-4-2/h21-24,27-28,32-33,39-42,45-48H,3-20,25-26,29-31,34-38H2,1-2H3/b23-21-,24-22+,32-27+,33-28+/t39-,40+,41-,42-/m1/s1. The number of carbonyl (C=O) groups is 2. The van der Waals surface area contributed by atoms with Gasteiger partial charge in [-0.15, -0.1) is 0 Å². The summed E-state index contributed by atoms with van der Waals surface area (Å²) in [5.41, 5.74) is 0. The summed E-state index contributed by atoms with van der Waals surface area (Å²) in [6, 6.07) is 0. The molecule has 0 radical (unpaired) electrons. The van der Waals surface area contributed by atoms with E-state index in [0.29, 0.717) is 12.8 Å². The molecule has 4 N–H and O–H groups in total. The van der Waals surface area contributed by atoms with E-state index in [4.69, 9.17) is 9.47 Å². The fourth-order valence-corrected chi connectivity index (χ4v) is 5.82. The molecule has 0 aliphatic heterocycles. The molecule has 0 bridgehead atoms. The van der Waals surface area contributed by atoms with Gasteiger partial charge in [-0.1, -0.05) is 191 Å². The van der Waals surface area contributed by atoms with Crippen LogP contribution in [0.2, 0.25) is 0 Å². The van der Waals surface area contributed by atoms with Gasteiger partial charge < -0.3 is 29.9 Å². The zero-order valence-corrected chi connectivity index (χ0v) is 33.1. The predicted molar refractivity (Wildman–Crippen MR) is 214 cm³/mol. The van der Waals surface area contributed by atoms with Gasteiger partial charge in [0.05, 0.1) is 18.3 Å². The monoisotopic (exact) mass is 735 g/mol. The zero-order chi connectivity index (χ0) is 38.3. The first-order chi connectivity index (χ1) is 25.3. The summed E-state index contributed by atoms with van der Waals surface area (Å²) in [7, 11) is 0. The molecule has 52 heavy (non-hydrogen) atoms. The van der Waals surface area contributed by atoms with E-state index in [9.17, 15) is 30.0 Å². The van der Waals surface area contributed by atoms with Crippen molar-refractivity contribution in [1.82, 2.24) is 0 Å². The van der Waals surface area contributed by atoms with Gasteiger partial charge >= 0.3 is 11.9 Å². The van der Waals surface area contributed by atoms with Crippen LogP contribution in [0.15, 0.2) is 48.6 Å². The highest BCUT2D eigenvalue weighted by molar-refractivity contribution is 5.69. The molecule has 0 aliphatic rings. The molecular formula is C44H78O8. The van der Waals surface area contributed by atoms with Crippen molar-refractivity contribution in [3.05, 3.63) is 48.6 Å². The summed E-state index contributed by atoms with van der Waals surface area (Å²) in [6.07, 6.45) is 38.3. The largest absolute Gasteiger partial charge is 0.463 e. The van der Waals surface area contributed by atoms with Crippen LogP contribution < -0.4 is 0 Å². The van der Waals surface area contributed by atoms with Crippen LogP contribution in [0.3, 0.4) is 0 Å². The summed E-state index contributed by atoms with van der Waals surface area (Å²) >= 11 is 0. The van der Waals surface area contributed by atoms with Crippen LogP contribution in [0.5, 0.6) is 0 Å². The molecule has 0 rings (SSSR count). The van der Waals surface area contributed by atoms with Crippen molar-refractivity contribution in [1.29, 1.82) is 0 Å². The number of aliphatic hydroxyl groups is 4. The maximum absolute atomic E-state index is 12.0. The van der Waals surface area contributed by atoms with E-state index in [2.05, 4.69) is 13.8 Å². The Morgan fingerprint density at radius 2 is 0.846 bits per heavy atom. The Morgan fingerprint density at radius 3 is 1.33 bits per heavy atom. The van der Waals surface area contributed by atoms with E-state index in [1.165, 1.54) is 102 Å². The average molecular weight is 735 g/mol. The Balaban J connectivity index is 3.72. The second-order valence-corrected chi connectivity index (χ2v) is 14.3. The number of unbranched alkanes of at least 4 members (excludes halogenated alkanes) is 19. The summed E-state index contributed by atoms with van der Waals surface area (Å²) in [6.45, 7) is 3.91. The van der Waals surface area contributed by atoms with Gasteiger partial charge in [0.2, 0.25) is 0 Å². The topological polar surface area (TPSA) is 134 Å². The predicted octanol–water partition coefficient (Wildman–Crippen LogP) is 9.92. The average Bonchev–Trinajstić information content (AvgIpc) is 3.13. The van der Waals surface area contributed by atoms with Gasteiger partial charge in [-0.25, -0.2) is 0 Å². The maximum Gasteiger partial charge on any atom is 0.305 e. The zero-order valence-electron chi connectivity index (χ0n) is 33.1. The lowest BCUT2D eigenvalue weighted by atomic mass is 10.0. The van der Waals surface area contributed by atoms with Crippen molar-refractivity contribution in [2.24, 2.45) is 0 Å². The molecule has 0 heterocycles. The number of aliphatic hydroxyl groups excluding tert-OH is 4. The van der Waals surface area contributed by atoms with Gasteiger partial charge in [-0.05, 0) is 25.7 Å². The third kappa shape index (κ3) is 36.1. The number of hydrogen-bond donors (Lipinski definition) is 4.